The highest BCUT2D eigenvalue weighted by molar-refractivity contribution is 5.94. The molecule has 2 aliphatic rings. The van der Waals surface area contributed by atoms with Crippen molar-refractivity contribution in [1.82, 2.24) is 10.2 Å². The van der Waals surface area contributed by atoms with Crippen LogP contribution in [-0.2, 0) is 6.54 Å². The van der Waals surface area contributed by atoms with E-state index in [1.54, 1.807) is 6.92 Å². The lowest BCUT2D eigenvalue weighted by Gasteiger charge is -2.34. The summed E-state index contributed by atoms with van der Waals surface area (Å²) in [7, 11) is 0. The normalized spacial score (nSPS) is 22.2. The lowest BCUT2D eigenvalue weighted by molar-refractivity contribution is 0.101. The summed E-state index contributed by atoms with van der Waals surface area (Å²) in [6.45, 7) is 7.39. The SMILES string of the molecule is CC(=O)c1cccc(CN2CCC3(CCNCC3)C2)c1. The maximum absolute atomic E-state index is 11.5. The molecule has 0 unspecified atom stereocenters. The van der Waals surface area contributed by atoms with Crippen LogP contribution in [0.3, 0.4) is 0 Å². The Morgan fingerprint density at radius 2 is 2.10 bits per heavy atom. The molecule has 0 aliphatic carbocycles. The number of nitrogens with one attached hydrogen (secondary N) is 1. The second kappa shape index (κ2) is 5.66. The molecule has 2 fully saturated rings. The van der Waals surface area contributed by atoms with Crippen molar-refractivity contribution in [2.45, 2.75) is 32.7 Å². The summed E-state index contributed by atoms with van der Waals surface area (Å²) in [5.74, 6) is 0.156. The van der Waals surface area contributed by atoms with E-state index in [2.05, 4.69) is 22.3 Å². The van der Waals surface area contributed by atoms with Gasteiger partial charge in [0.05, 0.1) is 0 Å². The van der Waals surface area contributed by atoms with E-state index < -0.39 is 0 Å². The highest BCUT2D eigenvalue weighted by Crippen LogP contribution is 2.38. The van der Waals surface area contributed by atoms with Crippen LogP contribution in [0.1, 0.15) is 42.1 Å². The molecule has 3 rings (SSSR count). The molecule has 0 aromatic heterocycles. The molecule has 0 bridgehead atoms. The average Bonchev–Trinajstić information content (AvgIpc) is 2.82. The van der Waals surface area contributed by atoms with Crippen molar-refractivity contribution in [1.29, 1.82) is 0 Å². The summed E-state index contributed by atoms with van der Waals surface area (Å²) in [5.41, 5.74) is 2.66. The standard InChI is InChI=1S/C17H24N2O/c1-14(20)16-4-2-3-15(11-16)12-19-10-7-17(13-19)5-8-18-9-6-17/h2-4,11,18H,5-10,12-13H2,1H3. The fourth-order valence-corrected chi connectivity index (χ4v) is 3.67. The minimum absolute atomic E-state index is 0.156. The predicted octanol–water partition coefficient (Wildman–Crippen LogP) is 2.46. The van der Waals surface area contributed by atoms with Crippen LogP contribution in [0.25, 0.3) is 0 Å². The highest BCUT2D eigenvalue weighted by atomic mass is 16.1. The fourth-order valence-electron chi connectivity index (χ4n) is 3.67. The molecule has 20 heavy (non-hydrogen) atoms. The topological polar surface area (TPSA) is 32.3 Å². The summed E-state index contributed by atoms with van der Waals surface area (Å²) in [5, 5.41) is 3.46. The van der Waals surface area contributed by atoms with E-state index in [1.165, 1.54) is 51.0 Å². The second-order valence-electron chi connectivity index (χ2n) is 6.47. The van der Waals surface area contributed by atoms with Gasteiger partial charge >= 0.3 is 0 Å². The van der Waals surface area contributed by atoms with Crippen LogP contribution < -0.4 is 5.32 Å². The number of benzene rings is 1. The molecule has 3 heteroatoms. The summed E-state index contributed by atoms with van der Waals surface area (Å²) in [6.07, 6.45) is 3.97. The molecule has 1 aromatic rings. The molecule has 1 aromatic carbocycles. The van der Waals surface area contributed by atoms with Gasteiger partial charge in [0.15, 0.2) is 5.78 Å². The van der Waals surface area contributed by atoms with Crippen molar-refractivity contribution in [2.24, 2.45) is 5.41 Å². The van der Waals surface area contributed by atoms with E-state index in [0.717, 1.165) is 12.1 Å². The van der Waals surface area contributed by atoms with Gasteiger partial charge in [0.1, 0.15) is 0 Å². The summed E-state index contributed by atoms with van der Waals surface area (Å²) >= 11 is 0. The summed E-state index contributed by atoms with van der Waals surface area (Å²) in [6, 6.07) is 8.10. The average molecular weight is 272 g/mol. The molecule has 1 spiro atoms. The molecule has 0 amide bonds. The van der Waals surface area contributed by atoms with Crippen LogP contribution in [0.2, 0.25) is 0 Å². The van der Waals surface area contributed by atoms with Crippen LogP contribution in [0.5, 0.6) is 0 Å². The largest absolute Gasteiger partial charge is 0.317 e. The van der Waals surface area contributed by atoms with E-state index in [0.29, 0.717) is 5.41 Å². The van der Waals surface area contributed by atoms with Crippen molar-refractivity contribution < 1.29 is 4.79 Å². The number of hydrogen-bond acceptors (Lipinski definition) is 3. The molecule has 2 heterocycles. The van der Waals surface area contributed by atoms with Gasteiger partial charge in [-0.25, -0.2) is 0 Å². The van der Waals surface area contributed by atoms with Crippen LogP contribution in [0.15, 0.2) is 24.3 Å². The zero-order valence-electron chi connectivity index (χ0n) is 12.3. The number of piperidine rings is 1. The Labute approximate surface area is 121 Å². The number of carbonyl (C=O) groups is 1. The third-order valence-corrected chi connectivity index (χ3v) is 4.92. The van der Waals surface area contributed by atoms with E-state index in [-0.39, 0.29) is 5.78 Å². The predicted molar refractivity (Wildman–Crippen MR) is 80.9 cm³/mol. The first-order valence-corrected chi connectivity index (χ1v) is 7.70. The monoisotopic (exact) mass is 272 g/mol. The number of carbonyl (C=O) groups excluding carboxylic acids is 1. The number of Topliss-reactive ketones (excluding diaryl/α,β-unsaturated/α-hetero) is 1. The van der Waals surface area contributed by atoms with E-state index in [1.807, 2.05) is 12.1 Å². The van der Waals surface area contributed by atoms with Crippen molar-refractivity contribution in [3.8, 4) is 0 Å². The Morgan fingerprint density at radius 1 is 1.30 bits per heavy atom. The molecule has 0 saturated carbocycles. The first-order chi connectivity index (χ1) is 9.67. The number of likely N-dealkylation sites (tertiary alicyclic amines) is 1. The van der Waals surface area contributed by atoms with Gasteiger partial charge in [0, 0.05) is 18.7 Å². The smallest absolute Gasteiger partial charge is 0.159 e. The Morgan fingerprint density at radius 3 is 2.85 bits per heavy atom. The molecule has 1 N–H and O–H groups in total. The summed E-state index contributed by atoms with van der Waals surface area (Å²) in [4.78, 5) is 14.0. The number of ketones is 1. The van der Waals surface area contributed by atoms with Crippen LogP contribution >= 0.6 is 0 Å². The van der Waals surface area contributed by atoms with Crippen molar-refractivity contribution in [3.05, 3.63) is 35.4 Å². The Balaban J connectivity index is 1.64. The van der Waals surface area contributed by atoms with Gasteiger partial charge in [0.25, 0.3) is 0 Å². The quantitative estimate of drug-likeness (QED) is 0.858. The number of nitrogens with zero attached hydrogens (tertiary/aromatic N) is 1. The van der Waals surface area contributed by atoms with Gasteiger partial charge in [-0.15, -0.1) is 0 Å². The minimum Gasteiger partial charge on any atom is -0.317 e. The highest BCUT2D eigenvalue weighted by Gasteiger charge is 2.38. The molecule has 0 atom stereocenters. The molecular weight excluding hydrogens is 248 g/mol. The lowest BCUT2D eigenvalue weighted by atomic mass is 9.78. The third-order valence-electron chi connectivity index (χ3n) is 4.92. The molecule has 2 saturated heterocycles. The van der Waals surface area contributed by atoms with Gasteiger partial charge in [0.2, 0.25) is 0 Å². The lowest BCUT2D eigenvalue weighted by Crippen LogP contribution is -2.38. The van der Waals surface area contributed by atoms with E-state index in [4.69, 9.17) is 0 Å². The zero-order valence-corrected chi connectivity index (χ0v) is 12.3. The second-order valence-corrected chi connectivity index (χ2v) is 6.47. The van der Waals surface area contributed by atoms with Crippen molar-refractivity contribution >= 4 is 5.78 Å². The molecular formula is C17H24N2O. The first kappa shape index (κ1) is 13.8. The molecule has 2 aliphatic heterocycles. The van der Waals surface area contributed by atoms with Crippen molar-refractivity contribution in [2.75, 3.05) is 26.2 Å². The number of rotatable bonds is 3. The molecule has 3 nitrogen and oxygen atoms in total. The van der Waals surface area contributed by atoms with Gasteiger partial charge in [-0.2, -0.15) is 0 Å². The summed E-state index contributed by atoms with van der Waals surface area (Å²) < 4.78 is 0. The van der Waals surface area contributed by atoms with Crippen LogP contribution in [0, 0.1) is 5.41 Å². The Bertz CT molecular complexity index is 492. The third kappa shape index (κ3) is 2.94. The fraction of sp³-hybridized carbons (Fsp3) is 0.588. The van der Waals surface area contributed by atoms with Crippen molar-refractivity contribution in [3.63, 3.8) is 0 Å². The van der Waals surface area contributed by atoms with E-state index in [9.17, 15) is 4.79 Å². The molecule has 0 radical (unpaired) electrons. The van der Waals surface area contributed by atoms with E-state index >= 15 is 0 Å². The minimum atomic E-state index is 0.156. The van der Waals surface area contributed by atoms with Gasteiger partial charge in [-0.1, -0.05) is 18.2 Å². The van der Waals surface area contributed by atoms with Gasteiger partial charge < -0.3 is 5.32 Å². The van der Waals surface area contributed by atoms with Gasteiger partial charge in [-0.05, 0) is 62.9 Å². The van der Waals surface area contributed by atoms with Crippen LogP contribution in [-0.4, -0.2) is 36.9 Å². The first-order valence-electron chi connectivity index (χ1n) is 7.70. The maximum Gasteiger partial charge on any atom is 0.159 e. The Kier molecular flexibility index (Phi) is 3.90. The number of hydrogen-bond donors (Lipinski definition) is 1. The zero-order chi connectivity index (χ0) is 14.0. The van der Waals surface area contributed by atoms with Gasteiger partial charge in [-0.3, -0.25) is 9.69 Å². The Hall–Kier alpha value is -1.19. The molecule has 108 valence electrons. The maximum atomic E-state index is 11.5. The van der Waals surface area contributed by atoms with Crippen LogP contribution in [0.4, 0.5) is 0 Å².